The molecule has 6 nitrogen and oxygen atoms in total. The molecule has 1 fully saturated rings. The number of amides is 1. The average Bonchev–Trinajstić information content (AvgIpc) is 2.86. The van der Waals surface area contributed by atoms with Crippen molar-refractivity contribution in [2.24, 2.45) is 10.9 Å². The maximum Gasteiger partial charge on any atom is 0.244 e. The molecule has 134 valence electrons. The van der Waals surface area contributed by atoms with Crippen LogP contribution in [-0.2, 0) is 14.8 Å². The molecule has 25 heavy (non-hydrogen) atoms. The molecule has 0 unspecified atom stereocenters. The molecule has 3 rings (SSSR count). The zero-order valence-electron chi connectivity index (χ0n) is 13.1. The summed E-state index contributed by atoms with van der Waals surface area (Å²) in [5, 5.41) is 5.23. The largest absolute Gasteiger partial charge is 0.320 e. The number of benzene rings is 2. The van der Waals surface area contributed by atoms with E-state index in [4.69, 9.17) is 10.9 Å². The van der Waals surface area contributed by atoms with Gasteiger partial charge in [0, 0.05) is 12.1 Å². The Kier molecular flexibility index (Phi) is 5.48. The van der Waals surface area contributed by atoms with Crippen LogP contribution in [0.15, 0.2) is 47.4 Å². The SMILES string of the molecule is Cl.N[C@H]1CCN(c2ccc(-c3ccccc3)c(S(N)(=O)=O)c2F)C1=O. The van der Waals surface area contributed by atoms with E-state index in [0.717, 1.165) is 4.90 Å². The van der Waals surface area contributed by atoms with Crippen LogP contribution in [0.3, 0.4) is 0 Å². The van der Waals surface area contributed by atoms with Gasteiger partial charge in [-0.15, -0.1) is 12.4 Å². The summed E-state index contributed by atoms with van der Waals surface area (Å²) >= 11 is 0. The minimum absolute atomic E-state index is 0. The highest BCUT2D eigenvalue weighted by molar-refractivity contribution is 7.89. The summed E-state index contributed by atoms with van der Waals surface area (Å²) in [6, 6.07) is 10.6. The molecule has 2 aromatic rings. The first-order valence-electron chi connectivity index (χ1n) is 7.28. The molecule has 1 atom stereocenters. The van der Waals surface area contributed by atoms with Crippen LogP contribution < -0.4 is 15.8 Å². The molecule has 0 aliphatic carbocycles. The Morgan fingerprint density at radius 1 is 1.12 bits per heavy atom. The quantitative estimate of drug-likeness (QED) is 0.837. The zero-order valence-corrected chi connectivity index (χ0v) is 14.7. The number of carbonyl (C=O) groups excluding carboxylic acids is 1. The van der Waals surface area contributed by atoms with Gasteiger partial charge in [-0.2, -0.15) is 0 Å². The van der Waals surface area contributed by atoms with Crippen molar-refractivity contribution >= 4 is 34.0 Å². The number of rotatable bonds is 3. The van der Waals surface area contributed by atoms with Gasteiger partial charge in [-0.25, -0.2) is 17.9 Å². The van der Waals surface area contributed by atoms with Crippen molar-refractivity contribution in [3.05, 3.63) is 48.3 Å². The summed E-state index contributed by atoms with van der Waals surface area (Å²) in [4.78, 5) is 12.6. The molecule has 0 saturated carbocycles. The van der Waals surface area contributed by atoms with Crippen molar-refractivity contribution in [1.29, 1.82) is 0 Å². The lowest BCUT2D eigenvalue weighted by molar-refractivity contribution is -0.118. The monoisotopic (exact) mass is 385 g/mol. The Balaban J connectivity index is 0.00000225. The molecule has 4 N–H and O–H groups in total. The van der Waals surface area contributed by atoms with Gasteiger partial charge in [-0.3, -0.25) is 4.79 Å². The van der Waals surface area contributed by atoms with Crippen LogP contribution in [0.2, 0.25) is 0 Å². The van der Waals surface area contributed by atoms with Gasteiger partial charge in [0.1, 0.15) is 4.90 Å². The fraction of sp³-hybridized carbons (Fsp3) is 0.188. The molecule has 1 aliphatic rings. The topological polar surface area (TPSA) is 106 Å². The van der Waals surface area contributed by atoms with Crippen LogP contribution in [0.25, 0.3) is 11.1 Å². The highest BCUT2D eigenvalue weighted by Crippen LogP contribution is 2.35. The van der Waals surface area contributed by atoms with E-state index in [9.17, 15) is 17.6 Å². The van der Waals surface area contributed by atoms with E-state index in [1.54, 1.807) is 30.3 Å². The Hall–Kier alpha value is -2.00. The van der Waals surface area contributed by atoms with Gasteiger partial charge in [0.05, 0.1) is 11.7 Å². The molecule has 0 aromatic heterocycles. The third-order valence-electron chi connectivity index (χ3n) is 3.98. The van der Waals surface area contributed by atoms with Crippen LogP contribution >= 0.6 is 12.4 Å². The Morgan fingerprint density at radius 2 is 1.76 bits per heavy atom. The maximum absolute atomic E-state index is 15.0. The van der Waals surface area contributed by atoms with Gasteiger partial charge >= 0.3 is 0 Å². The predicted octanol–water partition coefficient (Wildman–Crippen LogP) is 1.63. The fourth-order valence-corrected chi connectivity index (χ4v) is 3.67. The summed E-state index contributed by atoms with van der Waals surface area (Å²) in [5.41, 5.74) is 6.18. The van der Waals surface area contributed by atoms with Gasteiger partial charge in [0.2, 0.25) is 15.9 Å². The average molecular weight is 386 g/mol. The van der Waals surface area contributed by atoms with E-state index >= 15 is 0 Å². The first-order valence-corrected chi connectivity index (χ1v) is 8.83. The van der Waals surface area contributed by atoms with E-state index in [0.29, 0.717) is 12.0 Å². The smallest absolute Gasteiger partial charge is 0.244 e. The molecule has 0 bridgehead atoms. The zero-order chi connectivity index (χ0) is 17.5. The van der Waals surface area contributed by atoms with E-state index in [-0.39, 0.29) is 30.2 Å². The minimum atomic E-state index is -4.34. The molecule has 1 amide bonds. The molecular formula is C16H17ClFN3O3S. The fourth-order valence-electron chi connectivity index (χ4n) is 2.82. The molecule has 2 aromatic carbocycles. The standard InChI is InChI=1S/C16H16FN3O3S.ClH/c17-14-13(20-9-8-12(18)16(20)21)7-6-11(15(14)24(19,22)23)10-4-2-1-3-5-10;/h1-7,12H,8-9,18H2,(H2,19,22,23);1H/t12-;/m0./s1. The number of carbonyl (C=O) groups is 1. The van der Waals surface area contributed by atoms with Crippen molar-refractivity contribution in [3.8, 4) is 11.1 Å². The van der Waals surface area contributed by atoms with Crippen LogP contribution in [0.5, 0.6) is 0 Å². The maximum atomic E-state index is 15.0. The Labute approximate surface area is 151 Å². The third kappa shape index (κ3) is 3.52. The van der Waals surface area contributed by atoms with Crippen molar-refractivity contribution in [3.63, 3.8) is 0 Å². The first kappa shape index (κ1) is 19.3. The number of nitrogens with two attached hydrogens (primary N) is 2. The van der Waals surface area contributed by atoms with Crippen LogP contribution in [0, 0.1) is 5.82 Å². The Bertz CT molecular complexity index is 906. The second-order valence-corrected chi connectivity index (χ2v) is 7.07. The summed E-state index contributed by atoms with van der Waals surface area (Å²) in [7, 11) is -4.34. The van der Waals surface area contributed by atoms with E-state index in [1.165, 1.54) is 12.1 Å². The van der Waals surface area contributed by atoms with Crippen molar-refractivity contribution in [1.82, 2.24) is 0 Å². The van der Waals surface area contributed by atoms with Gasteiger partial charge in [-0.1, -0.05) is 36.4 Å². The lowest BCUT2D eigenvalue weighted by Crippen LogP contribution is -2.34. The highest BCUT2D eigenvalue weighted by atomic mass is 35.5. The molecule has 9 heteroatoms. The van der Waals surface area contributed by atoms with E-state index in [1.807, 2.05) is 0 Å². The molecule has 1 aliphatic heterocycles. The molecule has 0 spiro atoms. The second-order valence-electron chi connectivity index (χ2n) is 5.57. The molecular weight excluding hydrogens is 369 g/mol. The van der Waals surface area contributed by atoms with Crippen LogP contribution in [0.1, 0.15) is 6.42 Å². The van der Waals surface area contributed by atoms with Crippen molar-refractivity contribution in [2.45, 2.75) is 17.4 Å². The summed E-state index contributed by atoms with van der Waals surface area (Å²) in [6.07, 6.45) is 0.378. The van der Waals surface area contributed by atoms with Crippen molar-refractivity contribution < 1.29 is 17.6 Å². The number of nitrogens with zero attached hydrogens (tertiary/aromatic N) is 1. The summed E-state index contributed by atoms with van der Waals surface area (Å²) in [5.74, 6) is -1.48. The van der Waals surface area contributed by atoms with Gasteiger partial charge in [0.15, 0.2) is 5.82 Å². The van der Waals surface area contributed by atoms with Crippen LogP contribution in [-0.4, -0.2) is 26.9 Å². The number of hydrogen-bond acceptors (Lipinski definition) is 4. The third-order valence-corrected chi connectivity index (χ3v) is 4.95. The van der Waals surface area contributed by atoms with Gasteiger partial charge in [0.25, 0.3) is 0 Å². The molecule has 0 radical (unpaired) electrons. The predicted molar refractivity (Wildman–Crippen MR) is 95.4 cm³/mol. The summed E-state index contributed by atoms with van der Waals surface area (Å²) in [6.45, 7) is 0.228. The van der Waals surface area contributed by atoms with Gasteiger partial charge < -0.3 is 10.6 Å². The number of primary sulfonamides is 1. The van der Waals surface area contributed by atoms with Gasteiger partial charge in [-0.05, 0) is 18.1 Å². The first-order chi connectivity index (χ1) is 11.3. The Morgan fingerprint density at radius 3 is 2.28 bits per heavy atom. The molecule has 1 saturated heterocycles. The number of halogens is 2. The lowest BCUT2D eigenvalue weighted by Gasteiger charge is -2.20. The summed E-state index contributed by atoms with van der Waals surface area (Å²) < 4.78 is 38.9. The van der Waals surface area contributed by atoms with Crippen molar-refractivity contribution in [2.75, 3.05) is 11.4 Å². The van der Waals surface area contributed by atoms with E-state index in [2.05, 4.69) is 0 Å². The second kappa shape index (κ2) is 7.09. The number of anilines is 1. The normalized spacial score (nSPS) is 17.5. The van der Waals surface area contributed by atoms with E-state index < -0.39 is 32.7 Å². The number of hydrogen-bond donors (Lipinski definition) is 2. The highest BCUT2D eigenvalue weighted by Gasteiger charge is 2.33. The number of sulfonamides is 1. The van der Waals surface area contributed by atoms with Crippen LogP contribution in [0.4, 0.5) is 10.1 Å². The lowest BCUT2D eigenvalue weighted by atomic mass is 10.0. The molecule has 1 heterocycles. The minimum Gasteiger partial charge on any atom is -0.320 e.